The zero-order valence-electron chi connectivity index (χ0n) is 6.81. The van der Waals surface area contributed by atoms with Gasteiger partial charge in [-0.1, -0.05) is 13.8 Å². The van der Waals surface area contributed by atoms with E-state index in [9.17, 15) is 0 Å². The quantitative estimate of drug-likeness (QED) is 0.581. The van der Waals surface area contributed by atoms with E-state index in [-0.39, 0.29) is 0 Å². The molecule has 0 aliphatic rings. The molecule has 0 atom stereocenters. The van der Waals surface area contributed by atoms with Crippen LogP contribution >= 0.6 is 0 Å². The predicted octanol–water partition coefficient (Wildman–Crippen LogP) is 0.818. The van der Waals surface area contributed by atoms with Crippen LogP contribution in [0.25, 0.3) is 0 Å². The summed E-state index contributed by atoms with van der Waals surface area (Å²) in [6, 6.07) is 0. The van der Waals surface area contributed by atoms with E-state index in [1.54, 1.807) is 0 Å². The summed E-state index contributed by atoms with van der Waals surface area (Å²) in [5.41, 5.74) is 5.43. The van der Waals surface area contributed by atoms with Crippen LogP contribution in [0, 0.1) is 6.35 Å². The summed E-state index contributed by atoms with van der Waals surface area (Å²) in [7, 11) is 0. The molecule has 1 radical (unpaired) electrons. The summed E-state index contributed by atoms with van der Waals surface area (Å²) in [5, 5.41) is 2.94. The second kappa shape index (κ2) is 6.99. The fraction of sp³-hybridized carbons (Fsp3) is 0.857. The Hall–Kier alpha value is -0.120. The Morgan fingerprint density at radius 1 is 1.40 bits per heavy atom. The maximum atomic E-state index is 5.43. The molecule has 0 aliphatic carbocycles. The number of ether oxygens (including phenoxy) is 1. The molecule has 3 nitrogen and oxygen atoms in total. The van der Waals surface area contributed by atoms with Crippen molar-refractivity contribution < 1.29 is 4.74 Å². The molecule has 0 unspecified atom stereocenters. The second-order valence-corrected chi connectivity index (χ2v) is 2.14. The van der Waals surface area contributed by atoms with Gasteiger partial charge in [0.25, 0.3) is 0 Å². The van der Waals surface area contributed by atoms with Crippen LogP contribution in [0.4, 0.5) is 0 Å². The normalized spacial score (nSPS) is 10.8. The molecular formula is C7H17N2O. The minimum Gasteiger partial charge on any atom is -0.343 e. The molecule has 0 saturated carbocycles. The molecule has 0 aliphatic heterocycles. The highest BCUT2D eigenvalue weighted by atomic mass is 16.5. The van der Waals surface area contributed by atoms with E-state index in [2.05, 4.69) is 12.2 Å². The standard InChI is InChI=1S/C7H17N2O/c1-3-5-9-7(8)10-6-4-2/h9H,3-6,8H2,1-2H3. The molecule has 0 aromatic heterocycles. The van der Waals surface area contributed by atoms with Crippen molar-refractivity contribution in [2.45, 2.75) is 26.7 Å². The van der Waals surface area contributed by atoms with Crippen LogP contribution in [0.15, 0.2) is 0 Å². The third kappa shape index (κ3) is 6.01. The maximum Gasteiger partial charge on any atom is 0.231 e. The number of rotatable bonds is 6. The van der Waals surface area contributed by atoms with E-state index in [1.807, 2.05) is 6.92 Å². The zero-order valence-corrected chi connectivity index (χ0v) is 6.81. The highest BCUT2D eigenvalue weighted by molar-refractivity contribution is 4.63. The predicted molar refractivity (Wildman–Crippen MR) is 42.0 cm³/mol. The molecule has 0 heterocycles. The van der Waals surface area contributed by atoms with E-state index in [0.717, 1.165) is 19.4 Å². The van der Waals surface area contributed by atoms with Gasteiger partial charge in [-0.2, -0.15) is 0 Å². The highest BCUT2D eigenvalue weighted by Gasteiger charge is 1.99. The lowest BCUT2D eigenvalue weighted by Crippen LogP contribution is -2.31. The van der Waals surface area contributed by atoms with Crippen molar-refractivity contribution in [1.82, 2.24) is 5.32 Å². The summed E-state index contributed by atoms with van der Waals surface area (Å²) < 4.78 is 5.08. The van der Waals surface area contributed by atoms with Crippen LogP contribution in [-0.4, -0.2) is 13.2 Å². The van der Waals surface area contributed by atoms with E-state index < -0.39 is 0 Å². The van der Waals surface area contributed by atoms with Gasteiger partial charge in [-0.3, -0.25) is 11.1 Å². The average Bonchev–Trinajstić information content (AvgIpc) is 1.97. The van der Waals surface area contributed by atoms with E-state index >= 15 is 0 Å². The van der Waals surface area contributed by atoms with Gasteiger partial charge in [-0.05, 0) is 19.4 Å². The lowest BCUT2D eigenvalue weighted by molar-refractivity contribution is 0.121. The molecule has 61 valence electrons. The van der Waals surface area contributed by atoms with Crippen molar-refractivity contribution in [2.75, 3.05) is 13.2 Å². The Morgan fingerprint density at radius 3 is 2.60 bits per heavy atom. The van der Waals surface area contributed by atoms with E-state index in [4.69, 9.17) is 10.5 Å². The van der Waals surface area contributed by atoms with Gasteiger partial charge < -0.3 is 4.74 Å². The molecule has 0 rings (SSSR count). The molecule has 10 heavy (non-hydrogen) atoms. The molecule has 0 amide bonds. The molecule has 0 aromatic rings. The van der Waals surface area contributed by atoms with E-state index in [1.165, 1.54) is 0 Å². The molecular weight excluding hydrogens is 128 g/mol. The van der Waals surface area contributed by atoms with Crippen molar-refractivity contribution in [2.24, 2.45) is 5.73 Å². The summed E-state index contributed by atoms with van der Waals surface area (Å²) in [6.45, 7) is 5.71. The van der Waals surface area contributed by atoms with Gasteiger partial charge in [0.15, 0.2) is 0 Å². The largest absolute Gasteiger partial charge is 0.343 e. The second-order valence-electron chi connectivity index (χ2n) is 2.14. The molecule has 0 fully saturated rings. The number of hydrogen-bond acceptors (Lipinski definition) is 3. The van der Waals surface area contributed by atoms with Crippen molar-refractivity contribution in [3.8, 4) is 0 Å². The van der Waals surface area contributed by atoms with Gasteiger partial charge in [0.05, 0.1) is 6.61 Å². The minimum absolute atomic E-state index is 0.448. The first-order valence-corrected chi connectivity index (χ1v) is 3.80. The first-order valence-electron chi connectivity index (χ1n) is 3.80. The Balaban J connectivity index is 3.00. The van der Waals surface area contributed by atoms with Crippen molar-refractivity contribution >= 4 is 0 Å². The fourth-order valence-corrected chi connectivity index (χ4v) is 0.511. The molecule has 3 N–H and O–H groups in total. The number of nitrogens with one attached hydrogen (secondary N) is 1. The monoisotopic (exact) mass is 145 g/mol. The lowest BCUT2D eigenvalue weighted by Gasteiger charge is -2.10. The number of hydrogen-bond donors (Lipinski definition) is 2. The third-order valence-corrected chi connectivity index (χ3v) is 1.01. The van der Waals surface area contributed by atoms with Crippen LogP contribution in [0.5, 0.6) is 0 Å². The van der Waals surface area contributed by atoms with Crippen LogP contribution in [0.1, 0.15) is 26.7 Å². The first-order chi connectivity index (χ1) is 4.81. The van der Waals surface area contributed by atoms with Gasteiger partial charge in [0.2, 0.25) is 6.35 Å². The van der Waals surface area contributed by atoms with Gasteiger partial charge in [0, 0.05) is 0 Å². The van der Waals surface area contributed by atoms with Crippen LogP contribution in [0.2, 0.25) is 0 Å². The molecule has 3 heteroatoms. The van der Waals surface area contributed by atoms with E-state index in [0.29, 0.717) is 13.0 Å². The lowest BCUT2D eigenvalue weighted by atomic mass is 10.5. The third-order valence-electron chi connectivity index (χ3n) is 1.01. The average molecular weight is 145 g/mol. The number of nitrogens with two attached hydrogens (primary N) is 1. The Bertz CT molecular complexity index is 60.6. The zero-order chi connectivity index (χ0) is 7.82. The topological polar surface area (TPSA) is 47.3 Å². The minimum atomic E-state index is 0.448. The highest BCUT2D eigenvalue weighted by Crippen LogP contribution is 1.88. The van der Waals surface area contributed by atoms with Gasteiger partial charge in [-0.25, -0.2) is 0 Å². The molecule has 0 aromatic carbocycles. The summed E-state index contributed by atoms with van der Waals surface area (Å²) >= 11 is 0. The Kier molecular flexibility index (Phi) is 6.91. The molecule has 0 spiro atoms. The van der Waals surface area contributed by atoms with Gasteiger partial charge in [0.1, 0.15) is 0 Å². The summed E-state index contributed by atoms with van der Waals surface area (Å²) in [5.74, 6) is 0. The van der Waals surface area contributed by atoms with Crippen LogP contribution < -0.4 is 11.1 Å². The molecule has 0 bridgehead atoms. The fourth-order valence-electron chi connectivity index (χ4n) is 0.511. The smallest absolute Gasteiger partial charge is 0.231 e. The van der Waals surface area contributed by atoms with Crippen LogP contribution in [-0.2, 0) is 4.74 Å². The summed E-state index contributed by atoms with van der Waals surface area (Å²) in [6.07, 6.45) is 2.51. The Morgan fingerprint density at radius 2 is 2.10 bits per heavy atom. The van der Waals surface area contributed by atoms with Crippen molar-refractivity contribution in [3.63, 3.8) is 0 Å². The maximum absolute atomic E-state index is 5.43. The SMILES string of the molecule is CCCN[C](N)OCCC. The van der Waals surface area contributed by atoms with Crippen LogP contribution in [0.3, 0.4) is 0 Å². The molecule has 0 saturated heterocycles. The van der Waals surface area contributed by atoms with Gasteiger partial charge in [-0.15, -0.1) is 0 Å². The van der Waals surface area contributed by atoms with Crippen molar-refractivity contribution in [1.29, 1.82) is 0 Å². The van der Waals surface area contributed by atoms with Crippen molar-refractivity contribution in [3.05, 3.63) is 6.35 Å². The summed E-state index contributed by atoms with van der Waals surface area (Å²) in [4.78, 5) is 0. The Labute approximate surface area is 62.9 Å². The first kappa shape index (κ1) is 9.88. The van der Waals surface area contributed by atoms with Gasteiger partial charge >= 0.3 is 0 Å².